The monoisotopic (exact) mass is 1030 g/mol. The molecular formula is C57H96BF12N. The second kappa shape index (κ2) is 40.0. The molecule has 71 heavy (non-hydrogen) atoms. The van der Waals surface area contributed by atoms with Crippen molar-refractivity contribution in [1.82, 2.24) is 0 Å². The highest BCUT2D eigenvalue weighted by Crippen LogP contribution is 2.45. The molecule has 2 rings (SSSR count). The molecule has 0 saturated heterocycles. The van der Waals surface area contributed by atoms with Gasteiger partial charge in [-0.3, -0.25) is 5.32 Å². The number of hydrogen-bond acceptors (Lipinski definition) is 0. The zero-order chi connectivity index (χ0) is 53.6. The van der Waals surface area contributed by atoms with Gasteiger partial charge in [0, 0.05) is 18.1 Å². The summed E-state index contributed by atoms with van der Waals surface area (Å²) in [7, 11) is 0. The van der Waals surface area contributed by atoms with Gasteiger partial charge in [0.25, 0.3) is 0 Å². The topological polar surface area (TPSA) is 16.6 Å². The number of nitrogens with two attached hydrogens (primary N) is 1. The minimum atomic E-state index is -5.33. The third-order valence-electron chi connectivity index (χ3n) is 14.2. The van der Waals surface area contributed by atoms with Gasteiger partial charge >= 0.3 is 17.9 Å². The van der Waals surface area contributed by atoms with Gasteiger partial charge < -0.3 is 0 Å². The molecular weight excluding hydrogens is 937 g/mol. The van der Waals surface area contributed by atoms with Crippen molar-refractivity contribution in [2.45, 2.75) is 284 Å². The van der Waals surface area contributed by atoms with Crippen molar-refractivity contribution in [1.29, 1.82) is 0 Å². The third-order valence-corrected chi connectivity index (χ3v) is 14.2. The second-order valence-electron chi connectivity index (χ2n) is 20.4. The van der Waals surface area contributed by atoms with E-state index in [9.17, 15) is 52.7 Å². The van der Waals surface area contributed by atoms with E-state index in [0.717, 1.165) is 18.6 Å². The molecule has 14 heteroatoms. The summed E-state index contributed by atoms with van der Waals surface area (Å²) < 4.78 is 159. The Labute approximate surface area is 423 Å². The van der Waals surface area contributed by atoms with Crippen molar-refractivity contribution in [3.63, 3.8) is 0 Å². The average molecular weight is 1030 g/mol. The number of benzene rings is 2. The van der Waals surface area contributed by atoms with E-state index in [1.165, 1.54) is 166 Å². The number of rotatable bonds is 40. The first kappa shape index (κ1) is 68.6. The summed E-state index contributed by atoms with van der Waals surface area (Å²) >= 11 is 0. The minimum Gasteiger partial charge on any atom is -0.280 e. The molecule has 0 aliphatic rings. The van der Waals surface area contributed by atoms with Crippen LogP contribution < -0.4 is 5.32 Å². The van der Waals surface area contributed by atoms with Crippen LogP contribution in [0.2, 0.25) is 25.3 Å². The lowest BCUT2D eigenvalue weighted by molar-refractivity contribution is -0.808. The number of hydrogen-bond donors (Lipinski definition) is 1. The van der Waals surface area contributed by atoms with Crippen LogP contribution in [0, 0.1) is 34.9 Å². The van der Waals surface area contributed by atoms with E-state index in [0.29, 0.717) is 19.3 Å². The molecule has 2 aromatic carbocycles. The highest BCUT2D eigenvalue weighted by Gasteiger charge is 2.74. The van der Waals surface area contributed by atoms with Gasteiger partial charge in [0.2, 0.25) is 5.82 Å². The maximum Gasteiger partial charge on any atom is 0.458 e. The summed E-state index contributed by atoms with van der Waals surface area (Å²) in [6.45, 7) is 12.6. The fourth-order valence-electron chi connectivity index (χ4n) is 9.59. The van der Waals surface area contributed by atoms with Gasteiger partial charge in [-0.25, -0.2) is 26.3 Å². The maximum atomic E-state index is 13.4. The van der Waals surface area contributed by atoms with Crippen LogP contribution in [-0.4, -0.2) is 30.6 Å². The van der Waals surface area contributed by atoms with Crippen LogP contribution in [0.4, 0.5) is 52.7 Å². The van der Waals surface area contributed by atoms with Gasteiger partial charge in [-0.05, 0) is 18.9 Å². The van der Waals surface area contributed by atoms with Crippen LogP contribution in [0.25, 0.3) is 11.1 Å². The van der Waals surface area contributed by atoms with Crippen molar-refractivity contribution in [2.24, 2.45) is 0 Å². The number of alkyl halides is 6. The Hall–Kier alpha value is -2.38. The second-order valence-corrected chi connectivity index (χ2v) is 20.4. The number of quaternary nitrogens is 1. The van der Waals surface area contributed by atoms with Gasteiger partial charge in [0.15, 0.2) is 23.3 Å². The van der Waals surface area contributed by atoms with Crippen LogP contribution >= 0.6 is 0 Å². The molecule has 0 heterocycles. The number of unbranched alkanes of at least 4 members (excludes halogenated alkanes) is 24. The Morgan fingerprint density at radius 3 is 1.04 bits per heavy atom. The molecule has 0 fully saturated rings. The Bertz CT molecular complexity index is 1510. The Morgan fingerprint density at radius 1 is 0.380 bits per heavy atom. The van der Waals surface area contributed by atoms with Crippen molar-refractivity contribution in [2.75, 3.05) is 6.54 Å². The molecule has 0 aliphatic carbocycles. The molecule has 0 atom stereocenters. The van der Waals surface area contributed by atoms with Crippen LogP contribution in [0.5, 0.6) is 0 Å². The summed E-state index contributed by atoms with van der Waals surface area (Å²) in [4.78, 5) is 0. The maximum absolute atomic E-state index is 13.4. The molecule has 0 unspecified atom stereocenters. The van der Waals surface area contributed by atoms with E-state index in [-0.39, 0.29) is 30.8 Å². The van der Waals surface area contributed by atoms with Gasteiger partial charge in [0.1, 0.15) is 5.82 Å². The fourth-order valence-corrected chi connectivity index (χ4v) is 9.59. The predicted molar refractivity (Wildman–Crippen MR) is 275 cm³/mol. The van der Waals surface area contributed by atoms with Crippen molar-refractivity contribution >= 4 is 6.15 Å². The first-order valence-corrected chi connectivity index (χ1v) is 28.3. The average Bonchev–Trinajstić information content (AvgIpc) is 3.34. The van der Waals surface area contributed by atoms with E-state index in [1.54, 1.807) is 32.2 Å². The van der Waals surface area contributed by atoms with Gasteiger partial charge in [0.05, 0.1) is 12.1 Å². The van der Waals surface area contributed by atoms with Gasteiger partial charge in [-0.15, -0.1) is 8.78 Å². The third kappa shape index (κ3) is 27.1. The zero-order valence-corrected chi connectivity index (χ0v) is 45.0. The van der Waals surface area contributed by atoms with Crippen molar-refractivity contribution < 1.29 is 58.0 Å². The van der Waals surface area contributed by atoms with Crippen LogP contribution in [0.15, 0.2) is 24.3 Å². The molecule has 2 aromatic rings. The standard InChI is InChI=1S/C32H68B.C13H23F6N.C12H4F6/c1-5-9-13-17-21-25-29-33(30-26-22-18-14-10-6-2,31-27-23-19-15-11-7-3)32-28-24-20-16-12-8-4;1-3-5-7-8-9-11(14,15)12(16,17)13(18,19)20-10-6-4-2;13-6-4-2-1-3-5(6)7-8(14)10(16)12(18)11(17)9(7)15/h5-32H2,1-4H3;20H,3-10H2,1-2H3;1-4H/q-1;;/p+1. The minimum absolute atomic E-state index is 0.0243. The summed E-state index contributed by atoms with van der Waals surface area (Å²) in [5.74, 6) is -21.7. The molecule has 0 saturated carbocycles. The lowest BCUT2D eigenvalue weighted by Crippen LogP contribution is -2.99. The molecule has 0 bridgehead atoms. The molecule has 0 aromatic heterocycles. The van der Waals surface area contributed by atoms with Gasteiger partial charge in [-0.2, -0.15) is 42.8 Å². The zero-order valence-electron chi connectivity index (χ0n) is 45.0. The molecule has 0 aliphatic heterocycles. The van der Waals surface area contributed by atoms with E-state index in [4.69, 9.17) is 0 Å². The van der Waals surface area contributed by atoms with Crippen molar-refractivity contribution in [3.8, 4) is 11.1 Å². The summed E-state index contributed by atoms with van der Waals surface area (Å²) in [6.07, 6.45) is 42.8. The molecule has 1 nitrogen and oxygen atoms in total. The van der Waals surface area contributed by atoms with E-state index in [2.05, 4.69) is 27.7 Å². The Kier molecular flexibility index (Phi) is 38.7. The molecule has 2 N–H and O–H groups in total. The summed E-state index contributed by atoms with van der Waals surface area (Å²) in [6, 6.07) is -0.557. The number of halogens is 12. The molecule has 0 spiro atoms. The normalized spacial score (nSPS) is 12.2. The van der Waals surface area contributed by atoms with Gasteiger partial charge in [-0.1, -0.05) is 240 Å². The highest BCUT2D eigenvalue weighted by atomic mass is 19.3. The molecule has 416 valence electrons. The Morgan fingerprint density at radius 2 is 0.690 bits per heavy atom. The first-order chi connectivity index (χ1) is 33.8. The van der Waals surface area contributed by atoms with Crippen LogP contribution in [-0.2, 0) is 0 Å². The summed E-state index contributed by atoms with van der Waals surface area (Å²) in [5.41, 5.74) is -1.96. The first-order valence-electron chi connectivity index (χ1n) is 28.3. The van der Waals surface area contributed by atoms with Crippen molar-refractivity contribution in [3.05, 3.63) is 59.2 Å². The quantitative estimate of drug-likeness (QED) is 0.0171. The summed E-state index contributed by atoms with van der Waals surface area (Å²) in [5, 5.41) is 0.0243. The molecule has 0 radical (unpaired) electrons. The van der Waals surface area contributed by atoms with E-state index < -0.39 is 70.3 Å². The lowest BCUT2D eigenvalue weighted by atomic mass is 9.17. The van der Waals surface area contributed by atoms with Crippen LogP contribution in [0.1, 0.15) is 241 Å². The SMILES string of the molecule is CCCCCCC(F)(F)C(F)(F)C(F)(F)[NH2+]CCCC.CCCCCCCC[B-](CCCCCCCC)(CCCCCCCC)CCCCCCCC.Fc1ccccc1-c1c(F)c(F)c(F)c(F)c1F. The van der Waals surface area contributed by atoms with E-state index in [1.807, 2.05) is 6.92 Å². The predicted octanol–water partition coefficient (Wildman–Crippen LogP) is 21.2. The lowest BCUT2D eigenvalue weighted by Gasteiger charge is -2.41. The molecule has 0 amide bonds. The van der Waals surface area contributed by atoms with Crippen LogP contribution in [0.3, 0.4) is 0 Å². The van der Waals surface area contributed by atoms with E-state index >= 15 is 0 Å². The Balaban J connectivity index is 0.00000110. The largest absolute Gasteiger partial charge is 0.458 e. The fraction of sp³-hybridized carbons (Fsp3) is 0.789. The highest BCUT2D eigenvalue weighted by molar-refractivity contribution is 6.79. The smallest absolute Gasteiger partial charge is 0.280 e.